The quantitative estimate of drug-likeness (QED) is 0.777. The van der Waals surface area contributed by atoms with Gasteiger partial charge < -0.3 is 15.3 Å². The average molecular weight is 284 g/mol. The van der Waals surface area contributed by atoms with Crippen LogP contribution in [0.1, 0.15) is 6.42 Å². The first-order valence-electron chi connectivity index (χ1n) is 6.90. The zero-order chi connectivity index (χ0) is 14.8. The van der Waals surface area contributed by atoms with Crippen molar-refractivity contribution in [2.45, 2.75) is 12.5 Å². The number of carbonyl (C=O) groups excluding carboxylic acids is 2. The van der Waals surface area contributed by atoms with Crippen LogP contribution in [0.2, 0.25) is 0 Å². The van der Waals surface area contributed by atoms with E-state index in [1.807, 2.05) is 36.4 Å². The van der Waals surface area contributed by atoms with Gasteiger partial charge in [0.1, 0.15) is 0 Å². The Morgan fingerprint density at radius 3 is 2.62 bits per heavy atom. The third-order valence-electron chi connectivity index (χ3n) is 3.65. The molecule has 0 aliphatic carbocycles. The van der Waals surface area contributed by atoms with Crippen LogP contribution < -0.4 is 5.32 Å². The first-order chi connectivity index (χ1) is 10.1. The fraction of sp³-hybridized carbons (Fsp3) is 0.250. The van der Waals surface area contributed by atoms with E-state index >= 15 is 0 Å². The fourth-order valence-electron chi connectivity index (χ4n) is 2.52. The van der Waals surface area contributed by atoms with Crippen molar-refractivity contribution >= 4 is 28.3 Å². The standard InChI is InChI=1S/C16H16N2O3/c19-14-7-8-18(10-14)16(21)15(20)17-13-6-5-11-3-1-2-4-12(11)9-13/h1-6,9,14,19H,7-8,10H2,(H,17,20)/t14-/m1/s1. The minimum absolute atomic E-state index is 0.226. The van der Waals surface area contributed by atoms with E-state index in [2.05, 4.69) is 5.32 Å². The average Bonchev–Trinajstić information content (AvgIpc) is 2.93. The smallest absolute Gasteiger partial charge is 0.313 e. The van der Waals surface area contributed by atoms with Crippen molar-refractivity contribution in [3.63, 3.8) is 0 Å². The minimum atomic E-state index is -0.667. The number of hydrogen-bond acceptors (Lipinski definition) is 3. The molecule has 1 aliphatic heterocycles. The summed E-state index contributed by atoms with van der Waals surface area (Å²) in [4.78, 5) is 25.3. The van der Waals surface area contributed by atoms with Gasteiger partial charge in [-0.1, -0.05) is 30.3 Å². The Bertz CT molecular complexity index is 699. The highest BCUT2D eigenvalue weighted by molar-refractivity contribution is 6.39. The van der Waals surface area contributed by atoms with E-state index in [0.29, 0.717) is 18.7 Å². The maximum absolute atomic E-state index is 12.0. The van der Waals surface area contributed by atoms with Crippen LogP contribution in [0, 0.1) is 0 Å². The lowest BCUT2D eigenvalue weighted by Crippen LogP contribution is -2.38. The van der Waals surface area contributed by atoms with Crippen molar-refractivity contribution in [2.75, 3.05) is 18.4 Å². The molecule has 1 aliphatic rings. The van der Waals surface area contributed by atoms with Crippen LogP contribution >= 0.6 is 0 Å². The van der Waals surface area contributed by atoms with Crippen molar-refractivity contribution in [1.82, 2.24) is 4.90 Å². The second kappa shape index (κ2) is 5.54. The number of aliphatic hydroxyl groups excluding tert-OH is 1. The van der Waals surface area contributed by atoms with Crippen LogP contribution in [0.5, 0.6) is 0 Å². The second-order valence-electron chi connectivity index (χ2n) is 5.21. The molecular formula is C16H16N2O3. The Kier molecular flexibility index (Phi) is 3.58. The van der Waals surface area contributed by atoms with Gasteiger partial charge in [-0.3, -0.25) is 9.59 Å². The van der Waals surface area contributed by atoms with E-state index in [0.717, 1.165) is 10.8 Å². The van der Waals surface area contributed by atoms with Gasteiger partial charge in [0.05, 0.1) is 6.10 Å². The van der Waals surface area contributed by atoms with Crippen LogP contribution in [-0.2, 0) is 9.59 Å². The van der Waals surface area contributed by atoms with E-state index < -0.39 is 17.9 Å². The molecular weight excluding hydrogens is 268 g/mol. The lowest BCUT2D eigenvalue weighted by atomic mass is 10.1. The van der Waals surface area contributed by atoms with Crippen molar-refractivity contribution in [1.29, 1.82) is 0 Å². The molecule has 2 amide bonds. The van der Waals surface area contributed by atoms with E-state index in [9.17, 15) is 14.7 Å². The van der Waals surface area contributed by atoms with Gasteiger partial charge in [-0.2, -0.15) is 0 Å². The van der Waals surface area contributed by atoms with Crippen LogP contribution in [0.15, 0.2) is 42.5 Å². The molecule has 5 nitrogen and oxygen atoms in total. The van der Waals surface area contributed by atoms with Gasteiger partial charge in [0, 0.05) is 18.8 Å². The Labute approximate surface area is 122 Å². The molecule has 1 atom stereocenters. The number of hydrogen-bond donors (Lipinski definition) is 2. The second-order valence-corrected chi connectivity index (χ2v) is 5.21. The van der Waals surface area contributed by atoms with Gasteiger partial charge in [0.2, 0.25) is 0 Å². The molecule has 1 saturated heterocycles. The number of β-amino-alcohol motifs (C(OH)–C–C–N with tert-alkyl or cyclic N) is 1. The minimum Gasteiger partial charge on any atom is -0.391 e. The number of amides is 2. The predicted octanol–water partition coefficient (Wildman–Crippen LogP) is 1.37. The van der Waals surface area contributed by atoms with Crippen molar-refractivity contribution in [3.8, 4) is 0 Å². The fourth-order valence-corrected chi connectivity index (χ4v) is 2.52. The molecule has 3 rings (SSSR count). The predicted molar refractivity (Wildman–Crippen MR) is 79.8 cm³/mol. The normalized spacial score (nSPS) is 18.0. The number of nitrogens with zero attached hydrogens (tertiary/aromatic N) is 1. The van der Waals surface area contributed by atoms with Crippen LogP contribution in [0.4, 0.5) is 5.69 Å². The third-order valence-corrected chi connectivity index (χ3v) is 3.65. The Balaban J connectivity index is 1.72. The summed E-state index contributed by atoms with van der Waals surface area (Å²) in [6, 6.07) is 13.3. The van der Waals surface area contributed by atoms with E-state index in [1.54, 1.807) is 6.07 Å². The van der Waals surface area contributed by atoms with Gasteiger partial charge in [-0.05, 0) is 29.3 Å². The molecule has 0 bridgehead atoms. The highest BCUT2D eigenvalue weighted by Gasteiger charge is 2.28. The molecule has 0 unspecified atom stereocenters. The maximum atomic E-state index is 12.0. The Morgan fingerprint density at radius 2 is 1.90 bits per heavy atom. The number of carbonyl (C=O) groups is 2. The summed E-state index contributed by atoms with van der Waals surface area (Å²) >= 11 is 0. The molecule has 2 aromatic rings. The number of aliphatic hydroxyl groups is 1. The summed E-state index contributed by atoms with van der Waals surface area (Å²) < 4.78 is 0. The summed E-state index contributed by atoms with van der Waals surface area (Å²) in [6.45, 7) is 0.648. The van der Waals surface area contributed by atoms with E-state index in [4.69, 9.17) is 0 Å². The van der Waals surface area contributed by atoms with Crippen molar-refractivity contribution in [2.24, 2.45) is 0 Å². The van der Waals surface area contributed by atoms with Gasteiger partial charge in [-0.25, -0.2) is 0 Å². The van der Waals surface area contributed by atoms with Crippen molar-refractivity contribution in [3.05, 3.63) is 42.5 Å². The Morgan fingerprint density at radius 1 is 1.14 bits per heavy atom. The molecule has 1 heterocycles. The zero-order valence-electron chi connectivity index (χ0n) is 11.5. The lowest BCUT2D eigenvalue weighted by Gasteiger charge is -2.15. The van der Waals surface area contributed by atoms with E-state index in [1.165, 1.54) is 4.90 Å². The number of rotatable bonds is 1. The van der Waals surface area contributed by atoms with Crippen LogP contribution in [0.25, 0.3) is 10.8 Å². The molecule has 2 N–H and O–H groups in total. The monoisotopic (exact) mass is 284 g/mol. The molecule has 0 aromatic heterocycles. The summed E-state index contributed by atoms with van der Waals surface area (Å²) in [5.74, 6) is -1.26. The van der Waals surface area contributed by atoms with E-state index in [-0.39, 0.29) is 6.54 Å². The first-order valence-corrected chi connectivity index (χ1v) is 6.90. The van der Waals surface area contributed by atoms with Crippen LogP contribution in [-0.4, -0.2) is 41.0 Å². The molecule has 5 heteroatoms. The van der Waals surface area contributed by atoms with Crippen LogP contribution in [0.3, 0.4) is 0 Å². The van der Waals surface area contributed by atoms with Gasteiger partial charge in [0.15, 0.2) is 0 Å². The summed E-state index contributed by atoms with van der Waals surface area (Å²) in [5, 5.41) is 14.1. The largest absolute Gasteiger partial charge is 0.391 e. The van der Waals surface area contributed by atoms with Gasteiger partial charge in [0.25, 0.3) is 0 Å². The molecule has 108 valence electrons. The SMILES string of the molecule is O=C(Nc1ccc2ccccc2c1)C(=O)N1CC[C@@H](O)C1. The topological polar surface area (TPSA) is 69.6 Å². The maximum Gasteiger partial charge on any atom is 0.313 e. The number of anilines is 1. The molecule has 1 fully saturated rings. The molecule has 0 radical (unpaired) electrons. The highest BCUT2D eigenvalue weighted by Crippen LogP contribution is 2.19. The van der Waals surface area contributed by atoms with Gasteiger partial charge in [-0.15, -0.1) is 0 Å². The first kappa shape index (κ1) is 13.6. The summed E-state index contributed by atoms with van der Waals surface area (Å²) in [7, 11) is 0. The van der Waals surface area contributed by atoms with Gasteiger partial charge >= 0.3 is 11.8 Å². The number of nitrogens with one attached hydrogen (secondary N) is 1. The summed E-state index contributed by atoms with van der Waals surface area (Å²) in [6.07, 6.45) is -0.00273. The number of fused-ring (bicyclic) bond motifs is 1. The Hall–Kier alpha value is -2.40. The molecule has 0 saturated carbocycles. The zero-order valence-corrected chi connectivity index (χ0v) is 11.5. The molecule has 2 aromatic carbocycles. The van der Waals surface area contributed by atoms with Crippen molar-refractivity contribution < 1.29 is 14.7 Å². The third kappa shape index (κ3) is 2.87. The highest BCUT2D eigenvalue weighted by atomic mass is 16.3. The summed E-state index contributed by atoms with van der Waals surface area (Å²) in [5.41, 5.74) is 0.590. The molecule has 0 spiro atoms. The molecule has 21 heavy (non-hydrogen) atoms. The number of likely N-dealkylation sites (tertiary alicyclic amines) is 1. The lowest BCUT2D eigenvalue weighted by molar-refractivity contribution is -0.142. The number of benzene rings is 2.